The number of fused-ring (bicyclic) bond motifs is 1. The molecule has 0 bridgehead atoms. The summed E-state index contributed by atoms with van der Waals surface area (Å²) in [7, 11) is 1.17. The van der Waals surface area contributed by atoms with Gasteiger partial charge in [-0.1, -0.05) is 11.6 Å². The van der Waals surface area contributed by atoms with Gasteiger partial charge in [0.1, 0.15) is 11.5 Å². The third kappa shape index (κ3) is 2.29. The number of benzene rings is 1. The summed E-state index contributed by atoms with van der Waals surface area (Å²) in [6.45, 7) is 1.38. The summed E-state index contributed by atoms with van der Waals surface area (Å²) >= 11 is 5.84. The number of esters is 1. The quantitative estimate of drug-likeness (QED) is 0.629. The molecule has 2 rings (SSSR count). The summed E-state index contributed by atoms with van der Waals surface area (Å²) < 4.78 is 10.2. The molecule has 0 aliphatic carbocycles. The molecule has 0 saturated heterocycles. The number of rotatable bonds is 4. The first-order valence-electron chi connectivity index (χ1n) is 6.02. The Labute approximate surface area is 120 Å². The molecule has 20 heavy (non-hydrogen) atoms. The van der Waals surface area contributed by atoms with Crippen molar-refractivity contribution in [3.63, 3.8) is 0 Å². The monoisotopic (exact) mass is 296 g/mol. The van der Waals surface area contributed by atoms with Crippen molar-refractivity contribution in [3.8, 4) is 5.75 Å². The molecule has 1 heterocycles. The Kier molecular flexibility index (Phi) is 3.81. The minimum Gasteiger partial charge on any atom is -0.466 e. The second kappa shape index (κ2) is 5.25. The topological polar surface area (TPSA) is 69.7 Å². The van der Waals surface area contributed by atoms with Gasteiger partial charge < -0.3 is 14.3 Å². The molecule has 106 valence electrons. The van der Waals surface area contributed by atoms with Crippen molar-refractivity contribution in [1.82, 2.24) is 0 Å². The highest BCUT2D eigenvalue weighted by molar-refractivity contribution is 6.31. The molecular weight excluding hydrogens is 284 g/mol. The molecule has 0 spiro atoms. The summed E-state index contributed by atoms with van der Waals surface area (Å²) in [6.07, 6.45) is -0.0112. The van der Waals surface area contributed by atoms with E-state index in [-0.39, 0.29) is 29.9 Å². The molecule has 6 heteroatoms. The van der Waals surface area contributed by atoms with Crippen LogP contribution >= 0.6 is 11.6 Å². The fourth-order valence-corrected chi connectivity index (χ4v) is 2.31. The van der Waals surface area contributed by atoms with Crippen LogP contribution in [0.1, 0.15) is 30.1 Å². The Morgan fingerprint density at radius 1 is 1.40 bits per heavy atom. The van der Waals surface area contributed by atoms with Gasteiger partial charge in [-0.2, -0.15) is 0 Å². The van der Waals surface area contributed by atoms with E-state index in [1.807, 2.05) is 0 Å². The van der Waals surface area contributed by atoms with Crippen molar-refractivity contribution in [2.75, 3.05) is 7.11 Å². The molecule has 0 fully saturated rings. The Balaban J connectivity index is 2.43. The zero-order valence-corrected chi connectivity index (χ0v) is 11.8. The lowest BCUT2D eigenvalue weighted by atomic mass is 9.90. The van der Waals surface area contributed by atoms with E-state index in [2.05, 4.69) is 4.74 Å². The van der Waals surface area contributed by atoms with Gasteiger partial charge >= 0.3 is 5.97 Å². The van der Waals surface area contributed by atoms with E-state index in [0.29, 0.717) is 5.02 Å². The minimum atomic E-state index is -1.78. The third-order valence-corrected chi connectivity index (χ3v) is 3.42. The lowest BCUT2D eigenvalue weighted by Gasteiger charge is -2.23. The van der Waals surface area contributed by atoms with E-state index in [9.17, 15) is 14.4 Å². The van der Waals surface area contributed by atoms with E-state index >= 15 is 0 Å². The molecule has 0 aromatic heterocycles. The molecule has 0 unspecified atom stereocenters. The van der Waals surface area contributed by atoms with Gasteiger partial charge in [0.15, 0.2) is 0 Å². The first kappa shape index (κ1) is 14.5. The molecular formula is C14H13ClO5. The summed E-state index contributed by atoms with van der Waals surface area (Å²) in [4.78, 5) is 35.6. The highest BCUT2D eigenvalue weighted by Gasteiger charge is 2.55. The standard InChI is InChI=1S/C14H13ClO5/c1-8(16)5-6-14(13(18)19-2)12(17)10-7-9(15)3-4-11(10)20-14/h3-4,7H,5-6H2,1-2H3/t14-/m1/s1. The lowest BCUT2D eigenvalue weighted by Crippen LogP contribution is -2.49. The van der Waals surface area contributed by atoms with Crippen LogP contribution in [-0.2, 0) is 14.3 Å². The Hall–Kier alpha value is -1.88. The van der Waals surface area contributed by atoms with Gasteiger partial charge in [-0.3, -0.25) is 4.79 Å². The Morgan fingerprint density at radius 2 is 2.10 bits per heavy atom. The van der Waals surface area contributed by atoms with Crippen LogP contribution in [0.5, 0.6) is 5.75 Å². The average molecular weight is 297 g/mol. The van der Waals surface area contributed by atoms with Crippen molar-refractivity contribution in [2.45, 2.75) is 25.4 Å². The molecule has 0 N–H and O–H groups in total. The molecule has 1 aliphatic heterocycles. The highest BCUT2D eigenvalue weighted by atomic mass is 35.5. The SMILES string of the molecule is COC(=O)[C@]1(CCC(C)=O)Oc2ccc(Cl)cc2C1=O. The second-order valence-corrected chi connectivity index (χ2v) is 5.03. The van der Waals surface area contributed by atoms with Crippen LogP contribution in [0.25, 0.3) is 0 Å². The van der Waals surface area contributed by atoms with Crippen LogP contribution < -0.4 is 4.74 Å². The van der Waals surface area contributed by atoms with Crippen molar-refractivity contribution >= 4 is 29.1 Å². The average Bonchev–Trinajstić information content (AvgIpc) is 2.70. The Morgan fingerprint density at radius 3 is 2.70 bits per heavy atom. The number of hydrogen-bond donors (Lipinski definition) is 0. The van der Waals surface area contributed by atoms with E-state index in [1.54, 1.807) is 6.07 Å². The molecule has 1 aliphatic rings. The van der Waals surface area contributed by atoms with Gasteiger partial charge in [0.2, 0.25) is 5.78 Å². The molecule has 1 atom stereocenters. The van der Waals surface area contributed by atoms with Crippen LogP contribution in [0.3, 0.4) is 0 Å². The molecule has 1 aromatic carbocycles. The number of ketones is 2. The number of Topliss-reactive ketones (excluding diaryl/α,β-unsaturated/α-hetero) is 2. The molecule has 0 radical (unpaired) electrons. The largest absolute Gasteiger partial charge is 0.466 e. The fourth-order valence-electron chi connectivity index (χ4n) is 2.14. The number of ether oxygens (including phenoxy) is 2. The molecule has 5 nitrogen and oxygen atoms in total. The predicted octanol–water partition coefficient (Wildman–Crippen LogP) is 2.20. The van der Waals surface area contributed by atoms with Gasteiger partial charge in [0, 0.05) is 17.9 Å². The second-order valence-electron chi connectivity index (χ2n) is 4.59. The summed E-state index contributed by atoms with van der Waals surface area (Å²) in [5.74, 6) is -1.20. The summed E-state index contributed by atoms with van der Waals surface area (Å²) in [6, 6.07) is 4.53. The van der Waals surface area contributed by atoms with Crippen molar-refractivity contribution in [3.05, 3.63) is 28.8 Å². The fraction of sp³-hybridized carbons (Fsp3) is 0.357. The van der Waals surface area contributed by atoms with E-state index in [0.717, 1.165) is 0 Å². The van der Waals surface area contributed by atoms with Crippen LogP contribution in [0.2, 0.25) is 5.02 Å². The van der Waals surface area contributed by atoms with Crippen molar-refractivity contribution in [1.29, 1.82) is 0 Å². The maximum atomic E-state index is 12.5. The zero-order valence-electron chi connectivity index (χ0n) is 11.1. The van der Waals surface area contributed by atoms with Gasteiger partial charge in [-0.25, -0.2) is 4.79 Å². The summed E-state index contributed by atoms with van der Waals surface area (Å²) in [5, 5.41) is 0.368. The van der Waals surface area contributed by atoms with Crippen molar-refractivity contribution in [2.24, 2.45) is 0 Å². The smallest absolute Gasteiger partial charge is 0.358 e. The number of carbonyl (C=O) groups excluding carboxylic acids is 3. The van der Waals surface area contributed by atoms with Crippen molar-refractivity contribution < 1.29 is 23.9 Å². The third-order valence-electron chi connectivity index (χ3n) is 3.18. The first-order valence-corrected chi connectivity index (χ1v) is 6.40. The normalized spacial score (nSPS) is 20.2. The first-order chi connectivity index (χ1) is 9.40. The van der Waals surface area contributed by atoms with Crippen LogP contribution in [0.4, 0.5) is 0 Å². The van der Waals surface area contributed by atoms with Crippen LogP contribution in [0, 0.1) is 0 Å². The van der Waals surface area contributed by atoms with Gasteiger partial charge in [-0.05, 0) is 25.1 Å². The van der Waals surface area contributed by atoms with Crippen LogP contribution in [0.15, 0.2) is 18.2 Å². The number of halogens is 1. The maximum Gasteiger partial charge on any atom is 0.358 e. The molecule has 0 amide bonds. The predicted molar refractivity (Wildman–Crippen MR) is 71.1 cm³/mol. The number of hydrogen-bond acceptors (Lipinski definition) is 5. The Bertz CT molecular complexity index is 595. The molecule has 0 saturated carbocycles. The minimum absolute atomic E-state index is 0.0442. The maximum absolute atomic E-state index is 12.5. The van der Waals surface area contributed by atoms with Gasteiger partial charge in [0.05, 0.1) is 12.7 Å². The van der Waals surface area contributed by atoms with Gasteiger partial charge in [0.25, 0.3) is 5.60 Å². The lowest BCUT2D eigenvalue weighted by molar-refractivity contribution is -0.154. The summed E-state index contributed by atoms with van der Waals surface area (Å²) in [5.41, 5.74) is -1.56. The van der Waals surface area contributed by atoms with E-state index < -0.39 is 17.4 Å². The van der Waals surface area contributed by atoms with Gasteiger partial charge in [-0.15, -0.1) is 0 Å². The zero-order chi connectivity index (χ0) is 14.9. The number of carbonyl (C=O) groups is 3. The number of methoxy groups -OCH3 is 1. The van der Waals surface area contributed by atoms with E-state index in [1.165, 1.54) is 26.2 Å². The van der Waals surface area contributed by atoms with E-state index in [4.69, 9.17) is 16.3 Å². The van der Waals surface area contributed by atoms with Crippen LogP contribution in [-0.4, -0.2) is 30.2 Å². The molecule has 1 aromatic rings. The highest BCUT2D eigenvalue weighted by Crippen LogP contribution is 2.39.